The van der Waals surface area contributed by atoms with E-state index < -0.39 is 0 Å². The lowest BCUT2D eigenvalue weighted by molar-refractivity contribution is 0.387. The molecule has 1 rings (SSSR count). The molecule has 102 valence electrons. The molecule has 0 spiro atoms. The summed E-state index contributed by atoms with van der Waals surface area (Å²) in [5.74, 6) is 1.67. The van der Waals surface area contributed by atoms with E-state index in [1.165, 1.54) is 0 Å². The summed E-state index contributed by atoms with van der Waals surface area (Å²) in [5.41, 5.74) is 15.1. The van der Waals surface area contributed by atoms with Crippen LogP contribution >= 0.6 is 0 Å². The number of rotatable bonds is 5. The van der Waals surface area contributed by atoms with E-state index >= 15 is 0 Å². The van der Waals surface area contributed by atoms with Gasteiger partial charge >= 0.3 is 0 Å². The summed E-state index contributed by atoms with van der Waals surface area (Å²) in [6.07, 6.45) is 0.710. The van der Waals surface area contributed by atoms with Crippen molar-refractivity contribution >= 4 is 0 Å². The third kappa shape index (κ3) is 2.94. The van der Waals surface area contributed by atoms with E-state index in [4.69, 9.17) is 20.9 Å². The van der Waals surface area contributed by atoms with Gasteiger partial charge in [-0.25, -0.2) is 0 Å². The first-order valence-electron chi connectivity index (χ1n) is 6.15. The first-order chi connectivity index (χ1) is 8.42. The molecule has 4 nitrogen and oxygen atoms in total. The van der Waals surface area contributed by atoms with Gasteiger partial charge in [0.2, 0.25) is 0 Å². The Bertz CT molecular complexity index is 417. The van der Waals surface area contributed by atoms with Crippen molar-refractivity contribution in [3.63, 3.8) is 0 Å². The van der Waals surface area contributed by atoms with Gasteiger partial charge in [0.25, 0.3) is 0 Å². The van der Waals surface area contributed by atoms with Crippen LogP contribution in [0.15, 0.2) is 6.07 Å². The summed E-state index contributed by atoms with van der Waals surface area (Å²) < 4.78 is 10.9. The van der Waals surface area contributed by atoms with Gasteiger partial charge in [0.05, 0.1) is 14.2 Å². The molecule has 4 N–H and O–H groups in total. The van der Waals surface area contributed by atoms with Crippen molar-refractivity contribution in [1.29, 1.82) is 0 Å². The zero-order valence-corrected chi connectivity index (χ0v) is 11.9. The summed E-state index contributed by atoms with van der Waals surface area (Å²) in [4.78, 5) is 0. The second-order valence-corrected chi connectivity index (χ2v) is 4.77. The van der Waals surface area contributed by atoms with Crippen LogP contribution in [0.5, 0.6) is 11.5 Å². The van der Waals surface area contributed by atoms with Crippen LogP contribution in [-0.4, -0.2) is 20.3 Å². The standard InChI is InChI=1S/C14H24N2O2/c1-8(15)6-12(16)11-7-13(17-4)9(2)10(3)14(11)18-5/h7-8,12H,6,15-16H2,1-5H3. The minimum Gasteiger partial charge on any atom is -0.496 e. The lowest BCUT2D eigenvalue weighted by atomic mass is 9.95. The molecule has 0 heterocycles. The average Bonchev–Trinajstić information content (AvgIpc) is 2.31. The highest BCUT2D eigenvalue weighted by atomic mass is 16.5. The number of ether oxygens (including phenoxy) is 2. The van der Waals surface area contributed by atoms with Crippen molar-refractivity contribution in [2.75, 3.05) is 14.2 Å². The molecule has 0 fully saturated rings. The van der Waals surface area contributed by atoms with Gasteiger partial charge < -0.3 is 20.9 Å². The van der Waals surface area contributed by atoms with Gasteiger partial charge in [-0.15, -0.1) is 0 Å². The molecule has 1 aromatic carbocycles. The normalized spacial score (nSPS) is 14.2. The number of hydrogen-bond donors (Lipinski definition) is 2. The average molecular weight is 252 g/mol. The summed E-state index contributed by atoms with van der Waals surface area (Å²) in [6, 6.07) is 1.86. The lowest BCUT2D eigenvalue weighted by Crippen LogP contribution is -2.23. The van der Waals surface area contributed by atoms with E-state index in [0.29, 0.717) is 6.42 Å². The Balaban J connectivity index is 3.28. The van der Waals surface area contributed by atoms with Gasteiger partial charge in [-0.05, 0) is 44.4 Å². The molecular formula is C14H24N2O2. The predicted octanol–water partition coefficient (Wildman–Crippen LogP) is 2.06. The molecule has 0 saturated carbocycles. The van der Waals surface area contributed by atoms with Gasteiger partial charge in [-0.2, -0.15) is 0 Å². The van der Waals surface area contributed by atoms with Crippen molar-refractivity contribution in [2.24, 2.45) is 11.5 Å². The summed E-state index contributed by atoms with van der Waals surface area (Å²) in [5, 5.41) is 0. The van der Waals surface area contributed by atoms with E-state index in [1.807, 2.05) is 26.8 Å². The van der Waals surface area contributed by atoms with Crippen molar-refractivity contribution in [1.82, 2.24) is 0 Å². The van der Waals surface area contributed by atoms with Crippen LogP contribution in [0, 0.1) is 13.8 Å². The molecule has 18 heavy (non-hydrogen) atoms. The Morgan fingerprint density at radius 1 is 1.11 bits per heavy atom. The van der Waals surface area contributed by atoms with Crippen LogP contribution in [0.3, 0.4) is 0 Å². The molecule has 1 aromatic rings. The van der Waals surface area contributed by atoms with E-state index in [2.05, 4.69) is 0 Å². The quantitative estimate of drug-likeness (QED) is 0.841. The molecule has 4 heteroatoms. The van der Waals surface area contributed by atoms with Crippen LogP contribution in [0.25, 0.3) is 0 Å². The molecular weight excluding hydrogens is 228 g/mol. The molecule has 0 bridgehead atoms. The number of nitrogens with two attached hydrogens (primary N) is 2. The smallest absolute Gasteiger partial charge is 0.127 e. The molecule has 2 atom stereocenters. The van der Waals surface area contributed by atoms with Crippen molar-refractivity contribution in [3.05, 3.63) is 22.8 Å². The molecule has 0 aliphatic carbocycles. The minimum atomic E-state index is -0.145. The summed E-state index contributed by atoms with van der Waals surface area (Å²) >= 11 is 0. The van der Waals surface area contributed by atoms with Crippen LogP contribution < -0.4 is 20.9 Å². The van der Waals surface area contributed by atoms with E-state index in [0.717, 1.165) is 28.2 Å². The van der Waals surface area contributed by atoms with Crippen molar-refractivity contribution < 1.29 is 9.47 Å². The molecule has 0 amide bonds. The Hall–Kier alpha value is -1.26. The summed E-state index contributed by atoms with van der Waals surface area (Å²) in [7, 11) is 3.32. The highest BCUT2D eigenvalue weighted by Gasteiger charge is 2.19. The van der Waals surface area contributed by atoms with Crippen LogP contribution in [0.2, 0.25) is 0 Å². The van der Waals surface area contributed by atoms with E-state index in [-0.39, 0.29) is 12.1 Å². The fourth-order valence-corrected chi connectivity index (χ4v) is 2.17. The maximum atomic E-state index is 6.20. The first kappa shape index (κ1) is 14.8. The Morgan fingerprint density at radius 3 is 2.17 bits per heavy atom. The molecule has 0 radical (unpaired) electrons. The zero-order chi connectivity index (χ0) is 13.9. The molecule has 0 aliphatic rings. The predicted molar refractivity (Wildman–Crippen MR) is 74.2 cm³/mol. The minimum absolute atomic E-state index is 0.0531. The van der Waals surface area contributed by atoms with Crippen molar-refractivity contribution in [3.8, 4) is 11.5 Å². The van der Waals surface area contributed by atoms with Gasteiger partial charge in [-0.1, -0.05) is 0 Å². The van der Waals surface area contributed by atoms with Crippen molar-refractivity contribution in [2.45, 2.75) is 39.3 Å². The maximum Gasteiger partial charge on any atom is 0.127 e. The molecule has 2 unspecified atom stereocenters. The Labute approximate surface area is 109 Å². The maximum absolute atomic E-state index is 6.20. The molecule has 0 aromatic heterocycles. The largest absolute Gasteiger partial charge is 0.496 e. The molecule has 0 aliphatic heterocycles. The van der Waals surface area contributed by atoms with Crippen LogP contribution in [0.1, 0.15) is 36.1 Å². The highest BCUT2D eigenvalue weighted by molar-refractivity contribution is 5.53. The zero-order valence-electron chi connectivity index (χ0n) is 11.9. The number of methoxy groups -OCH3 is 2. The Kier molecular flexibility index (Phi) is 4.99. The van der Waals surface area contributed by atoms with E-state index in [1.54, 1.807) is 14.2 Å². The Morgan fingerprint density at radius 2 is 1.72 bits per heavy atom. The van der Waals surface area contributed by atoms with Gasteiger partial charge in [0.1, 0.15) is 11.5 Å². The second kappa shape index (κ2) is 6.07. The fourth-order valence-electron chi connectivity index (χ4n) is 2.17. The van der Waals surface area contributed by atoms with Gasteiger partial charge in [0.15, 0.2) is 0 Å². The second-order valence-electron chi connectivity index (χ2n) is 4.77. The monoisotopic (exact) mass is 252 g/mol. The SMILES string of the molecule is COc1cc(C(N)CC(C)N)c(OC)c(C)c1C. The van der Waals surface area contributed by atoms with Gasteiger partial charge in [0, 0.05) is 17.6 Å². The third-order valence-corrected chi connectivity index (χ3v) is 3.27. The topological polar surface area (TPSA) is 70.5 Å². The lowest BCUT2D eigenvalue weighted by Gasteiger charge is -2.21. The van der Waals surface area contributed by atoms with Gasteiger partial charge in [-0.3, -0.25) is 0 Å². The van der Waals surface area contributed by atoms with E-state index in [9.17, 15) is 0 Å². The fraction of sp³-hybridized carbons (Fsp3) is 0.571. The molecule has 0 saturated heterocycles. The first-order valence-corrected chi connectivity index (χ1v) is 6.15. The third-order valence-electron chi connectivity index (χ3n) is 3.27. The summed E-state index contributed by atoms with van der Waals surface area (Å²) in [6.45, 7) is 5.97. The van der Waals surface area contributed by atoms with Crippen LogP contribution in [-0.2, 0) is 0 Å². The highest BCUT2D eigenvalue weighted by Crippen LogP contribution is 2.36. The number of benzene rings is 1. The van der Waals surface area contributed by atoms with Crippen LogP contribution in [0.4, 0.5) is 0 Å². The number of hydrogen-bond acceptors (Lipinski definition) is 4.